The van der Waals surface area contributed by atoms with Crippen molar-refractivity contribution < 1.29 is 5.11 Å². The third kappa shape index (κ3) is 2.96. The van der Waals surface area contributed by atoms with Crippen LogP contribution in [0, 0.1) is 5.92 Å². The molecule has 2 N–H and O–H groups in total. The van der Waals surface area contributed by atoms with Crippen LogP contribution in [0.25, 0.3) is 0 Å². The molecule has 0 radical (unpaired) electrons. The van der Waals surface area contributed by atoms with Crippen LogP contribution in [-0.2, 0) is 0 Å². The molecule has 0 amide bonds. The zero-order valence-corrected chi connectivity index (χ0v) is 9.84. The third-order valence-corrected chi connectivity index (χ3v) is 3.48. The van der Waals surface area contributed by atoms with Gasteiger partial charge in [0.1, 0.15) is 0 Å². The number of hydrogen-bond acceptors (Lipinski definition) is 2. The van der Waals surface area contributed by atoms with Gasteiger partial charge in [-0.15, -0.1) is 0 Å². The van der Waals surface area contributed by atoms with Gasteiger partial charge >= 0.3 is 0 Å². The Bertz CT molecular complexity index is 170. The van der Waals surface area contributed by atoms with Crippen LogP contribution in [0.1, 0.15) is 52.9 Å². The Labute approximate surface area is 88.1 Å². The summed E-state index contributed by atoms with van der Waals surface area (Å²) in [5.74, 6) is 0.502. The van der Waals surface area contributed by atoms with Gasteiger partial charge in [-0.1, -0.05) is 40.0 Å². The van der Waals surface area contributed by atoms with Gasteiger partial charge in [0.05, 0.1) is 5.60 Å². The molecule has 2 heteroatoms. The lowest BCUT2D eigenvalue weighted by Crippen LogP contribution is -2.49. The van der Waals surface area contributed by atoms with Crippen molar-refractivity contribution >= 4 is 0 Å². The molecule has 84 valence electrons. The van der Waals surface area contributed by atoms with E-state index in [1.54, 1.807) is 0 Å². The highest BCUT2D eigenvalue weighted by atomic mass is 16.3. The first-order valence-electron chi connectivity index (χ1n) is 6.04. The van der Waals surface area contributed by atoms with Crippen molar-refractivity contribution in [3.63, 3.8) is 0 Å². The molecule has 1 saturated carbocycles. The topological polar surface area (TPSA) is 32.3 Å². The number of rotatable bonds is 4. The lowest BCUT2D eigenvalue weighted by Gasteiger charge is -2.40. The van der Waals surface area contributed by atoms with E-state index in [1.807, 2.05) is 0 Å². The van der Waals surface area contributed by atoms with Crippen molar-refractivity contribution in [2.75, 3.05) is 6.54 Å². The monoisotopic (exact) mass is 199 g/mol. The highest BCUT2D eigenvalue weighted by Crippen LogP contribution is 2.35. The molecule has 0 aromatic rings. The lowest BCUT2D eigenvalue weighted by molar-refractivity contribution is -0.0490. The lowest BCUT2D eigenvalue weighted by atomic mass is 9.74. The van der Waals surface area contributed by atoms with Crippen LogP contribution in [0.5, 0.6) is 0 Å². The molecule has 2 nitrogen and oxygen atoms in total. The Kier molecular flexibility index (Phi) is 4.39. The van der Waals surface area contributed by atoms with E-state index in [0.29, 0.717) is 12.0 Å². The Balaban J connectivity index is 2.49. The standard InChI is InChI=1S/C12H25NO/c1-4-11-7-5-6-8-12(11,14)9-13-10(2)3/h10-11,13-14H,4-9H2,1-3H3. The van der Waals surface area contributed by atoms with Crippen LogP contribution >= 0.6 is 0 Å². The molecule has 0 saturated heterocycles. The summed E-state index contributed by atoms with van der Waals surface area (Å²) < 4.78 is 0. The largest absolute Gasteiger partial charge is 0.388 e. The fraction of sp³-hybridized carbons (Fsp3) is 1.00. The van der Waals surface area contributed by atoms with E-state index in [9.17, 15) is 5.11 Å². The summed E-state index contributed by atoms with van der Waals surface area (Å²) in [6.07, 6.45) is 5.77. The molecule has 1 aliphatic carbocycles. The zero-order chi connectivity index (χ0) is 10.6. The first-order chi connectivity index (χ1) is 6.58. The summed E-state index contributed by atoms with van der Waals surface area (Å²) in [5.41, 5.74) is -0.433. The molecule has 2 atom stereocenters. The van der Waals surface area contributed by atoms with Gasteiger partial charge in [-0.2, -0.15) is 0 Å². The first kappa shape index (κ1) is 12.0. The fourth-order valence-electron chi connectivity index (χ4n) is 2.49. The van der Waals surface area contributed by atoms with Crippen LogP contribution in [0.4, 0.5) is 0 Å². The molecule has 1 fully saturated rings. The van der Waals surface area contributed by atoms with Crippen LogP contribution in [0.2, 0.25) is 0 Å². The maximum atomic E-state index is 10.5. The predicted molar refractivity (Wildman–Crippen MR) is 60.3 cm³/mol. The van der Waals surface area contributed by atoms with Gasteiger partial charge < -0.3 is 10.4 Å². The average Bonchev–Trinajstić information content (AvgIpc) is 2.16. The highest BCUT2D eigenvalue weighted by molar-refractivity contribution is 4.91. The van der Waals surface area contributed by atoms with Crippen LogP contribution in [-0.4, -0.2) is 23.3 Å². The molecular formula is C12H25NO. The van der Waals surface area contributed by atoms with Crippen molar-refractivity contribution in [3.05, 3.63) is 0 Å². The quantitative estimate of drug-likeness (QED) is 0.728. The van der Waals surface area contributed by atoms with Crippen molar-refractivity contribution in [3.8, 4) is 0 Å². The van der Waals surface area contributed by atoms with Crippen molar-refractivity contribution in [1.29, 1.82) is 0 Å². The molecule has 14 heavy (non-hydrogen) atoms. The fourth-order valence-corrected chi connectivity index (χ4v) is 2.49. The van der Waals surface area contributed by atoms with Gasteiger partial charge in [-0.3, -0.25) is 0 Å². The van der Waals surface area contributed by atoms with Gasteiger partial charge in [0.15, 0.2) is 0 Å². The summed E-state index contributed by atoms with van der Waals surface area (Å²) in [5, 5.41) is 13.9. The van der Waals surface area contributed by atoms with Gasteiger partial charge in [0.2, 0.25) is 0 Å². The summed E-state index contributed by atoms with van der Waals surface area (Å²) in [6, 6.07) is 0.471. The normalized spacial score (nSPS) is 33.6. The average molecular weight is 199 g/mol. The Morgan fingerprint density at radius 1 is 1.43 bits per heavy atom. The van der Waals surface area contributed by atoms with Gasteiger partial charge in [-0.25, -0.2) is 0 Å². The van der Waals surface area contributed by atoms with Gasteiger partial charge in [0, 0.05) is 12.6 Å². The maximum Gasteiger partial charge on any atom is 0.0799 e. The Morgan fingerprint density at radius 3 is 2.71 bits per heavy atom. The number of aliphatic hydroxyl groups is 1. The van der Waals surface area contributed by atoms with E-state index < -0.39 is 5.60 Å². The second-order valence-corrected chi connectivity index (χ2v) is 4.99. The van der Waals surface area contributed by atoms with Crippen LogP contribution in [0.3, 0.4) is 0 Å². The van der Waals surface area contributed by atoms with E-state index in [0.717, 1.165) is 19.4 Å². The Morgan fingerprint density at radius 2 is 2.14 bits per heavy atom. The molecule has 0 heterocycles. The molecule has 0 aromatic heterocycles. The van der Waals surface area contributed by atoms with Crippen LogP contribution < -0.4 is 5.32 Å². The molecule has 0 spiro atoms. The maximum absolute atomic E-state index is 10.5. The minimum Gasteiger partial charge on any atom is -0.388 e. The minimum absolute atomic E-state index is 0.433. The van der Waals surface area contributed by atoms with Crippen LogP contribution in [0.15, 0.2) is 0 Å². The molecule has 0 aliphatic heterocycles. The van der Waals surface area contributed by atoms with E-state index in [-0.39, 0.29) is 0 Å². The van der Waals surface area contributed by atoms with E-state index in [1.165, 1.54) is 19.3 Å². The Hall–Kier alpha value is -0.0800. The summed E-state index contributed by atoms with van der Waals surface area (Å²) >= 11 is 0. The summed E-state index contributed by atoms with van der Waals surface area (Å²) in [7, 11) is 0. The van der Waals surface area contributed by atoms with E-state index in [2.05, 4.69) is 26.1 Å². The SMILES string of the molecule is CCC1CCCCC1(O)CNC(C)C. The number of hydrogen-bond donors (Lipinski definition) is 2. The zero-order valence-electron chi connectivity index (χ0n) is 9.84. The molecular weight excluding hydrogens is 174 g/mol. The smallest absolute Gasteiger partial charge is 0.0799 e. The molecule has 0 bridgehead atoms. The van der Waals surface area contributed by atoms with Crippen molar-refractivity contribution in [1.82, 2.24) is 5.32 Å². The van der Waals surface area contributed by atoms with Gasteiger partial charge in [-0.05, 0) is 18.8 Å². The summed E-state index contributed by atoms with van der Waals surface area (Å²) in [4.78, 5) is 0. The summed E-state index contributed by atoms with van der Waals surface area (Å²) in [6.45, 7) is 7.22. The first-order valence-corrected chi connectivity index (χ1v) is 6.04. The highest BCUT2D eigenvalue weighted by Gasteiger charge is 2.37. The molecule has 2 unspecified atom stereocenters. The molecule has 1 rings (SSSR count). The molecule has 1 aliphatic rings. The number of nitrogens with one attached hydrogen (secondary N) is 1. The van der Waals surface area contributed by atoms with E-state index in [4.69, 9.17) is 0 Å². The predicted octanol–water partition coefficient (Wildman–Crippen LogP) is 2.32. The van der Waals surface area contributed by atoms with Crippen molar-refractivity contribution in [2.45, 2.75) is 64.5 Å². The second-order valence-electron chi connectivity index (χ2n) is 4.99. The van der Waals surface area contributed by atoms with Crippen molar-refractivity contribution in [2.24, 2.45) is 5.92 Å². The minimum atomic E-state index is -0.433. The third-order valence-electron chi connectivity index (χ3n) is 3.48. The molecule has 0 aromatic carbocycles. The van der Waals surface area contributed by atoms with Gasteiger partial charge in [0.25, 0.3) is 0 Å². The second kappa shape index (κ2) is 5.13. The van der Waals surface area contributed by atoms with E-state index >= 15 is 0 Å².